The Hall–Kier alpha value is -0.570. The first-order valence-corrected chi connectivity index (χ1v) is 7.14. The number of carbonyl (C=O) groups is 1. The first-order chi connectivity index (χ1) is 8.08. The molecular formula is C14H26N2O. The first kappa shape index (κ1) is 12.9. The summed E-state index contributed by atoms with van der Waals surface area (Å²) >= 11 is 0. The van der Waals surface area contributed by atoms with E-state index >= 15 is 0 Å². The van der Waals surface area contributed by atoms with Crippen LogP contribution in [0.2, 0.25) is 0 Å². The topological polar surface area (TPSA) is 32.3 Å². The molecule has 2 aliphatic rings. The van der Waals surface area contributed by atoms with Gasteiger partial charge in [-0.25, -0.2) is 0 Å². The summed E-state index contributed by atoms with van der Waals surface area (Å²) < 4.78 is 0. The average Bonchev–Trinajstić information content (AvgIpc) is 3.04. The number of hydrogen-bond donors (Lipinski definition) is 1. The molecule has 0 aromatic carbocycles. The third kappa shape index (κ3) is 3.44. The molecule has 1 N–H and O–H groups in total. The van der Waals surface area contributed by atoms with Crippen molar-refractivity contribution in [3.63, 3.8) is 0 Å². The van der Waals surface area contributed by atoms with Crippen LogP contribution in [0.25, 0.3) is 0 Å². The Morgan fingerprint density at radius 2 is 2.00 bits per heavy atom. The Morgan fingerprint density at radius 1 is 1.29 bits per heavy atom. The molecule has 3 heteroatoms. The molecule has 0 aromatic rings. The van der Waals surface area contributed by atoms with Crippen molar-refractivity contribution in [3.05, 3.63) is 0 Å². The summed E-state index contributed by atoms with van der Waals surface area (Å²) in [5.74, 6) is 1.01. The molecular weight excluding hydrogens is 212 g/mol. The normalized spacial score (nSPS) is 27.6. The highest BCUT2D eigenvalue weighted by Crippen LogP contribution is 2.24. The van der Waals surface area contributed by atoms with Gasteiger partial charge in [0, 0.05) is 18.6 Å². The van der Waals surface area contributed by atoms with Gasteiger partial charge < -0.3 is 10.2 Å². The summed E-state index contributed by atoms with van der Waals surface area (Å²) in [6.45, 7) is 7.60. The highest BCUT2D eigenvalue weighted by atomic mass is 16.2. The van der Waals surface area contributed by atoms with Gasteiger partial charge in [-0.15, -0.1) is 0 Å². The Morgan fingerprint density at radius 3 is 2.59 bits per heavy atom. The van der Waals surface area contributed by atoms with Gasteiger partial charge in [-0.1, -0.05) is 13.8 Å². The third-order valence-corrected chi connectivity index (χ3v) is 3.83. The molecule has 0 aromatic heterocycles. The van der Waals surface area contributed by atoms with Crippen molar-refractivity contribution in [1.29, 1.82) is 0 Å². The summed E-state index contributed by atoms with van der Waals surface area (Å²) in [5.41, 5.74) is 0. The van der Waals surface area contributed by atoms with Gasteiger partial charge >= 0.3 is 0 Å². The van der Waals surface area contributed by atoms with Crippen molar-refractivity contribution in [2.45, 2.75) is 71.0 Å². The second-order valence-electron chi connectivity index (χ2n) is 6.15. The molecule has 0 radical (unpaired) electrons. The zero-order valence-electron chi connectivity index (χ0n) is 11.4. The lowest BCUT2D eigenvalue weighted by molar-refractivity contribution is -0.138. The number of rotatable bonds is 5. The zero-order chi connectivity index (χ0) is 12.4. The Labute approximate surface area is 105 Å². The number of likely N-dealkylation sites (tertiary alicyclic amines) is 1. The molecule has 2 fully saturated rings. The van der Waals surface area contributed by atoms with E-state index in [4.69, 9.17) is 0 Å². The minimum Gasteiger partial charge on any atom is -0.339 e. The van der Waals surface area contributed by atoms with Crippen molar-refractivity contribution in [1.82, 2.24) is 10.2 Å². The molecule has 1 saturated carbocycles. The van der Waals surface area contributed by atoms with E-state index in [1.165, 1.54) is 12.8 Å². The van der Waals surface area contributed by atoms with Crippen molar-refractivity contribution in [2.24, 2.45) is 5.92 Å². The Kier molecular flexibility index (Phi) is 4.08. The summed E-state index contributed by atoms with van der Waals surface area (Å²) in [6, 6.07) is 1.13. The molecule has 17 heavy (non-hydrogen) atoms. The lowest BCUT2D eigenvalue weighted by atomic mass is 9.98. The summed E-state index contributed by atoms with van der Waals surface area (Å²) in [6.07, 6.45) is 5.80. The van der Waals surface area contributed by atoms with Crippen LogP contribution in [0.5, 0.6) is 0 Å². The molecule has 3 nitrogen and oxygen atoms in total. The van der Waals surface area contributed by atoms with Crippen molar-refractivity contribution >= 4 is 5.91 Å². The fourth-order valence-corrected chi connectivity index (χ4v) is 2.84. The van der Waals surface area contributed by atoms with Gasteiger partial charge in [-0.05, 0) is 44.9 Å². The van der Waals surface area contributed by atoms with E-state index in [1.54, 1.807) is 0 Å². The third-order valence-electron chi connectivity index (χ3n) is 3.83. The largest absolute Gasteiger partial charge is 0.339 e. The minimum atomic E-state index is 0.103. The quantitative estimate of drug-likeness (QED) is 0.796. The van der Waals surface area contributed by atoms with Crippen LogP contribution in [0.4, 0.5) is 0 Å². The van der Waals surface area contributed by atoms with E-state index in [9.17, 15) is 4.79 Å². The van der Waals surface area contributed by atoms with Crippen LogP contribution in [0.15, 0.2) is 0 Å². The van der Waals surface area contributed by atoms with Crippen LogP contribution in [0, 0.1) is 5.92 Å². The van der Waals surface area contributed by atoms with E-state index in [-0.39, 0.29) is 6.04 Å². The van der Waals surface area contributed by atoms with Gasteiger partial charge in [0.1, 0.15) is 0 Å². The molecule has 2 rings (SSSR count). The Bertz CT molecular complexity index is 273. The molecule has 0 spiro atoms. The van der Waals surface area contributed by atoms with Gasteiger partial charge in [0.05, 0.1) is 6.04 Å². The number of piperidine rings is 1. The van der Waals surface area contributed by atoms with Gasteiger partial charge in [0.25, 0.3) is 0 Å². The SMILES string of the molecule is CC(C)CC(C)N1CCCC(NC2CC2)C1=O. The van der Waals surface area contributed by atoms with Crippen LogP contribution in [-0.4, -0.2) is 35.5 Å². The minimum absolute atomic E-state index is 0.103. The lowest BCUT2D eigenvalue weighted by Gasteiger charge is -2.37. The molecule has 98 valence electrons. The number of carbonyl (C=O) groups excluding carboxylic acids is 1. The van der Waals surface area contributed by atoms with Gasteiger partial charge in [0.15, 0.2) is 0 Å². The fraction of sp³-hybridized carbons (Fsp3) is 0.929. The van der Waals surface area contributed by atoms with Gasteiger partial charge in [0.2, 0.25) is 5.91 Å². The number of hydrogen-bond acceptors (Lipinski definition) is 2. The lowest BCUT2D eigenvalue weighted by Crippen LogP contribution is -2.54. The summed E-state index contributed by atoms with van der Waals surface area (Å²) in [5, 5.41) is 3.49. The highest BCUT2D eigenvalue weighted by molar-refractivity contribution is 5.83. The number of amides is 1. The van der Waals surface area contributed by atoms with E-state index in [0.717, 1.165) is 25.8 Å². The summed E-state index contributed by atoms with van der Waals surface area (Å²) in [4.78, 5) is 14.5. The standard InChI is InChI=1S/C14H26N2O/c1-10(2)9-11(3)16-8-4-5-13(14(16)17)15-12-6-7-12/h10-13,15H,4-9H2,1-3H3. The predicted molar refractivity (Wildman–Crippen MR) is 69.8 cm³/mol. The highest BCUT2D eigenvalue weighted by Gasteiger charge is 2.34. The van der Waals surface area contributed by atoms with Crippen LogP contribution in [0.1, 0.15) is 52.9 Å². The molecule has 1 saturated heterocycles. The maximum atomic E-state index is 12.4. The summed E-state index contributed by atoms with van der Waals surface area (Å²) in [7, 11) is 0. The number of nitrogens with one attached hydrogen (secondary N) is 1. The molecule has 1 aliphatic carbocycles. The Balaban J connectivity index is 1.89. The van der Waals surface area contributed by atoms with E-state index < -0.39 is 0 Å². The fourth-order valence-electron chi connectivity index (χ4n) is 2.84. The first-order valence-electron chi connectivity index (χ1n) is 7.14. The molecule has 1 amide bonds. The van der Waals surface area contributed by atoms with Crippen molar-refractivity contribution in [2.75, 3.05) is 6.54 Å². The van der Waals surface area contributed by atoms with E-state index in [1.807, 2.05) is 0 Å². The van der Waals surface area contributed by atoms with Crippen molar-refractivity contribution in [3.8, 4) is 0 Å². The predicted octanol–water partition coefficient (Wildman–Crippen LogP) is 2.16. The number of nitrogens with zero attached hydrogens (tertiary/aromatic N) is 1. The molecule has 1 heterocycles. The second kappa shape index (κ2) is 5.38. The van der Waals surface area contributed by atoms with Crippen LogP contribution < -0.4 is 5.32 Å². The monoisotopic (exact) mass is 238 g/mol. The van der Waals surface area contributed by atoms with Crippen molar-refractivity contribution < 1.29 is 4.79 Å². The smallest absolute Gasteiger partial charge is 0.239 e. The van der Waals surface area contributed by atoms with Gasteiger partial charge in [-0.2, -0.15) is 0 Å². The van der Waals surface area contributed by atoms with Gasteiger partial charge in [-0.3, -0.25) is 4.79 Å². The molecule has 0 bridgehead atoms. The van der Waals surface area contributed by atoms with Crippen LogP contribution >= 0.6 is 0 Å². The molecule has 2 unspecified atom stereocenters. The average molecular weight is 238 g/mol. The van der Waals surface area contributed by atoms with E-state index in [0.29, 0.717) is 23.9 Å². The molecule has 2 atom stereocenters. The molecule has 1 aliphatic heterocycles. The maximum absolute atomic E-state index is 12.4. The van der Waals surface area contributed by atoms with Crippen LogP contribution in [0.3, 0.4) is 0 Å². The zero-order valence-corrected chi connectivity index (χ0v) is 11.4. The van der Waals surface area contributed by atoms with Crippen LogP contribution in [-0.2, 0) is 4.79 Å². The second-order valence-corrected chi connectivity index (χ2v) is 6.15. The van der Waals surface area contributed by atoms with E-state index in [2.05, 4.69) is 31.0 Å². The maximum Gasteiger partial charge on any atom is 0.239 e.